The van der Waals surface area contributed by atoms with Crippen LogP contribution in [-0.2, 0) is 38.7 Å². The third kappa shape index (κ3) is 32.3. The van der Waals surface area contributed by atoms with Crippen molar-refractivity contribution in [2.45, 2.75) is 269 Å². The molecule has 0 aliphatic carbocycles. The summed E-state index contributed by atoms with van der Waals surface area (Å²) in [6, 6.07) is 0. The number of hydrogen-bond donors (Lipinski definition) is 4. The molecule has 60 heavy (non-hydrogen) atoms. The zero-order valence-electron chi connectivity index (χ0n) is 38.1. The van der Waals surface area contributed by atoms with Crippen LogP contribution in [0.3, 0.4) is 0 Å². The first kappa shape index (κ1) is 56.7. The van der Waals surface area contributed by atoms with Crippen molar-refractivity contribution in [3.63, 3.8) is 0 Å². The van der Waals surface area contributed by atoms with E-state index in [4.69, 9.17) is 18.9 Å². The Balaban J connectivity index is 2.38. The molecule has 1 aliphatic rings. The Labute approximate surface area is 365 Å². The van der Waals surface area contributed by atoms with Crippen molar-refractivity contribution in [2.24, 2.45) is 0 Å². The molecule has 1 heterocycles. The van der Waals surface area contributed by atoms with Gasteiger partial charge >= 0.3 is 11.9 Å². The topological polar surface area (TPSA) is 186 Å². The van der Waals surface area contributed by atoms with Crippen molar-refractivity contribution in [3.05, 3.63) is 0 Å². The van der Waals surface area contributed by atoms with Gasteiger partial charge < -0.3 is 34.3 Å². The van der Waals surface area contributed by atoms with E-state index >= 15 is 0 Å². The maximum absolute atomic E-state index is 12.8. The highest BCUT2D eigenvalue weighted by Gasteiger charge is 2.46. The van der Waals surface area contributed by atoms with Crippen LogP contribution in [0.1, 0.15) is 232 Å². The van der Waals surface area contributed by atoms with Crippen molar-refractivity contribution >= 4 is 22.1 Å². The van der Waals surface area contributed by atoms with Crippen molar-refractivity contribution in [1.82, 2.24) is 0 Å². The number of carbonyl (C=O) groups is 2. The van der Waals surface area contributed by atoms with Gasteiger partial charge in [-0.05, 0) is 12.8 Å². The Morgan fingerprint density at radius 2 is 0.850 bits per heavy atom. The number of carbonyl (C=O) groups excluding carboxylic acids is 2. The van der Waals surface area contributed by atoms with Crippen molar-refractivity contribution < 1.29 is 56.8 Å². The third-order valence-corrected chi connectivity index (χ3v) is 12.4. The Morgan fingerprint density at radius 3 is 1.22 bits per heavy atom. The highest BCUT2D eigenvalue weighted by molar-refractivity contribution is 7.85. The summed E-state index contributed by atoms with van der Waals surface area (Å²) in [6.45, 7) is 3.80. The molecule has 0 bridgehead atoms. The first-order valence-electron chi connectivity index (χ1n) is 24.6. The lowest BCUT2D eigenvalue weighted by atomic mass is 10.00. The van der Waals surface area contributed by atoms with Crippen LogP contribution >= 0.6 is 0 Å². The van der Waals surface area contributed by atoms with Crippen LogP contribution < -0.4 is 0 Å². The predicted molar refractivity (Wildman–Crippen MR) is 238 cm³/mol. The van der Waals surface area contributed by atoms with E-state index < -0.39 is 71.2 Å². The third-order valence-electron chi connectivity index (χ3n) is 11.7. The molecule has 0 aromatic rings. The van der Waals surface area contributed by atoms with Gasteiger partial charge in [0.15, 0.2) is 12.4 Å². The average molecular weight is 879 g/mol. The largest absolute Gasteiger partial charge is 0.462 e. The molecule has 4 N–H and O–H groups in total. The fourth-order valence-corrected chi connectivity index (χ4v) is 8.55. The number of hydrogen-bond acceptors (Lipinski definition) is 11. The minimum Gasteiger partial charge on any atom is -0.462 e. The molecule has 0 spiro atoms. The zero-order chi connectivity index (χ0) is 44.1. The van der Waals surface area contributed by atoms with Crippen LogP contribution in [0.4, 0.5) is 0 Å². The minimum atomic E-state index is -4.60. The van der Waals surface area contributed by atoms with Crippen molar-refractivity contribution in [3.8, 4) is 0 Å². The summed E-state index contributed by atoms with van der Waals surface area (Å²) in [5.41, 5.74) is 0. The van der Waals surface area contributed by atoms with Gasteiger partial charge in [-0.15, -0.1) is 0 Å². The molecule has 1 aliphatic heterocycles. The molecule has 2 unspecified atom stereocenters. The van der Waals surface area contributed by atoms with E-state index in [0.717, 1.165) is 38.5 Å². The number of unbranched alkanes of at least 4 members (excludes halogenated alkanes) is 30. The highest BCUT2D eigenvalue weighted by Crippen LogP contribution is 2.24. The highest BCUT2D eigenvalue weighted by atomic mass is 32.2. The molecule has 0 radical (unpaired) electrons. The number of esters is 2. The molecule has 0 amide bonds. The van der Waals surface area contributed by atoms with Crippen LogP contribution in [-0.4, -0.2) is 96.0 Å². The van der Waals surface area contributed by atoms with Gasteiger partial charge in [0.2, 0.25) is 0 Å². The second kappa shape index (κ2) is 38.1. The van der Waals surface area contributed by atoms with Gasteiger partial charge in [0.1, 0.15) is 36.8 Å². The second-order valence-electron chi connectivity index (χ2n) is 17.5. The fourth-order valence-electron chi connectivity index (χ4n) is 7.86. The second-order valence-corrected chi connectivity index (χ2v) is 19.0. The van der Waals surface area contributed by atoms with E-state index in [-0.39, 0.29) is 19.4 Å². The van der Waals surface area contributed by atoms with E-state index in [9.17, 15) is 37.9 Å². The molecule has 12 nitrogen and oxygen atoms in total. The average Bonchev–Trinajstić information content (AvgIpc) is 3.21. The van der Waals surface area contributed by atoms with Crippen LogP contribution in [0.2, 0.25) is 0 Å². The summed E-state index contributed by atoms with van der Waals surface area (Å²) in [6.07, 6.45) is 30.0. The molecule has 0 aromatic carbocycles. The van der Waals surface area contributed by atoms with Crippen LogP contribution in [0.25, 0.3) is 0 Å². The molecule has 0 saturated carbocycles. The SMILES string of the molecule is CCCCCCCCCCCCCCCCCCCCC(=O)O[C@H](COC(=O)CCCCCCCCCCCCCCCC)CO[C@H]1O[C@H](CS(=O)(=O)O)[C@@H](O)C(O)C1O. The first-order chi connectivity index (χ1) is 29.0. The summed E-state index contributed by atoms with van der Waals surface area (Å²) >= 11 is 0. The van der Waals surface area contributed by atoms with Gasteiger partial charge in [-0.1, -0.05) is 206 Å². The Hall–Kier alpha value is -1.35. The molecule has 13 heteroatoms. The van der Waals surface area contributed by atoms with E-state index in [1.807, 2.05) is 0 Å². The maximum atomic E-state index is 12.8. The van der Waals surface area contributed by atoms with Crippen molar-refractivity contribution in [1.29, 1.82) is 0 Å². The lowest BCUT2D eigenvalue weighted by Crippen LogP contribution is -2.60. The molecule has 1 rings (SSSR count). The number of rotatable bonds is 42. The van der Waals surface area contributed by atoms with E-state index in [0.29, 0.717) is 12.8 Å². The predicted octanol–water partition coefficient (Wildman–Crippen LogP) is 10.5. The van der Waals surface area contributed by atoms with Crippen LogP contribution in [0, 0.1) is 0 Å². The summed E-state index contributed by atoms with van der Waals surface area (Å²) in [4.78, 5) is 25.5. The zero-order valence-corrected chi connectivity index (χ0v) is 38.9. The monoisotopic (exact) mass is 879 g/mol. The van der Waals surface area contributed by atoms with Gasteiger partial charge in [0, 0.05) is 12.8 Å². The standard InChI is InChI=1S/C47H90O12S/c1-3-5-7-9-11-13-15-17-19-20-21-22-24-26-28-30-32-34-36-43(49)58-40(38-57-47-46(52)45(51)44(50)41(59-47)39-60(53,54)55)37-56-42(48)35-33-31-29-27-25-23-18-16-14-12-10-8-6-4-2/h40-41,44-47,50-52H,3-39H2,1-2H3,(H,53,54,55)/t40-,41-,44-,45?,46?,47+/m1/s1. The van der Waals surface area contributed by atoms with Gasteiger partial charge in [-0.25, -0.2) is 0 Å². The van der Waals surface area contributed by atoms with Gasteiger partial charge in [0.05, 0.1) is 6.61 Å². The Kier molecular flexibility index (Phi) is 36.0. The molecule has 6 atom stereocenters. The van der Waals surface area contributed by atoms with Crippen molar-refractivity contribution in [2.75, 3.05) is 19.0 Å². The summed E-state index contributed by atoms with van der Waals surface area (Å²) in [7, 11) is -4.60. The molecule has 356 valence electrons. The van der Waals surface area contributed by atoms with E-state index in [2.05, 4.69) is 13.8 Å². The fraction of sp³-hybridized carbons (Fsp3) is 0.957. The summed E-state index contributed by atoms with van der Waals surface area (Å²) in [5, 5.41) is 30.9. The maximum Gasteiger partial charge on any atom is 0.306 e. The van der Waals surface area contributed by atoms with Crippen LogP contribution in [0.15, 0.2) is 0 Å². The van der Waals surface area contributed by atoms with Gasteiger partial charge in [0.25, 0.3) is 10.1 Å². The quantitative estimate of drug-likeness (QED) is 0.0259. The molecule has 1 saturated heterocycles. The van der Waals surface area contributed by atoms with Gasteiger partial charge in [-0.3, -0.25) is 14.1 Å². The first-order valence-corrected chi connectivity index (χ1v) is 26.2. The van der Waals surface area contributed by atoms with E-state index in [1.54, 1.807) is 0 Å². The lowest BCUT2D eigenvalue weighted by molar-refractivity contribution is -0.297. The Bertz CT molecular complexity index is 1120. The molecule has 0 aromatic heterocycles. The minimum absolute atomic E-state index is 0.173. The van der Waals surface area contributed by atoms with E-state index in [1.165, 1.54) is 154 Å². The van der Waals surface area contributed by atoms with Crippen LogP contribution in [0.5, 0.6) is 0 Å². The summed E-state index contributed by atoms with van der Waals surface area (Å²) < 4.78 is 54.2. The summed E-state index contributed by atoms with van der Waals surface area (Å²) in [5.74, 6) is -1.96. The lowest BCUT2D eigenvalue weighted by Gasteiger charge is -2.40. The normalized spacial score (nSPS) is 20.0. The molecule has 1 fully saturated rings. The Morgan fingerprint density at radius 1 is 0.500 bits per heavy atom. The smallest absolute Gasteiger partial charge is 0.306 e. The number of aliphatic hydroxyl groups excluding tert-OH is 3. The number of ether oxygens (including phenoxy) is 4. The van der Waals surface area contributed by atoms with Gasteiger partial charge in [-0.2, -0.15) is 8.42 Å². The molecular weight excluding hydrogens is 789 g/mol. The molecular formula is C47H90O12S. The number of aliphatic hydroxyl groups is 3.